The van der Waals surface area contributed by atoms with Crippen LogP contribution in [0.25, 0.3) is 10.9 Å². The van der Waals surface area contributed by atoms with Gasteiger partial charge >= 0.3 is 0 Å². The summed E-state index contributed by atoms with van der Waals surface area (Å²) in [5, 5.41) is 9.86. The molecular formula is C9H5ClFNO. The van der Waals surface area contributed by atoms with Crippen LogP contribution in [0.3, 0.4) is 0 Å². The van der Waals surface area contributed by atoms with Crippen molar-refractivity contribution >= 4 is 22.5 Å². The van der Waals surface area contributed by atoms with Crippen LogP contribution in [0.1, 0.15) is 0 Å². The molecule has 0 aliphatic heterocycles. The average Bonchev–Trinajstić information content (AvgIpc) is 2.02. The Bertz CT molecular complexity index is 467. The topological polar surface area (TPSA) is 33.1 Å². The normalized spacial score (nSPS) is 10.6. The van der Waals surface area contributed by atoms with E-state index in [2.05, 4.69) is 4.98 Å². The third-order valence-corrected chi connectivity index (χ3v) is 1.91. The third kappa shape index (κ3) is 1.42. The van der Waals surface area contributed by atoms with Gasteiger partial charge < -0.3 is 5.11 Å². The van der Waals surface area contributed by atoms with Gasteiger partial charge in [-0.05, 0) is 18.2 Å². The highest BCUT2D eigenvalue weighted by molar-refractivity contribution is 6.31. The van der Waals surface area contributed by atoms with Gasteiger partial charge in [0.25, 0.3) is 0 Å². The summed E-state index contributed by atoms with van der Waals surface area (Å²) in [6.45, 7) is 0. The van der Waals surface area contributed by atoms with E-state index in [-0.39, 0.29) is 16.3 Å². The molecule has 0 saturated heterocycles. The average molecular weight is 198 g/mol. The Morgan fingerprint density at radius 3 is 2.85 bits per heavy atom. The second-order valence-electron chi connectivity index (χ2n) is 2.65. The molecule has 0 atom stereocenters. The molecule has 1 aromatic carbocycles. The standard InChI is InChI=1S/C9H5ClFNO/c10-6-1-5-2-7(13)4-12-9(5)8(11)3-6/h1-4,13H. The van der Waals surface area contributed by atoms with Gasteiger partial charge in [0.05, 0.1) is 6.20 Å². The summed E-state index contributed by atoms with van der Waals surface area (Å²) < 4.78 is 13.2. The maximum atomic E-state index is 13.2. The molecule has 0 spiro atoms. The zero-order chi connectivity index (χ0) is 9.42. The summed E-state index contributed by atoms with van der Waals surface area (Å²) in [5.74, 6) is -0.489. The number of nitrogens with zero attached hydrogens (tertiary/aromatic N) is 1. The van der Waals surface area contributed by atoms with Gasteiger partial charge in [-0.3, -0.25) is 0 Å². The number of hydrogen-bond acceptors (Lipinski definition) is 2. The highest BCUT2D eigenvalue weighted by Gasteiger charge is 2.04. The van der Waals surface area contributed by atoms with Crippen LogP contribution in [-0.2, 0) is 0 Å². The molecule has 0 aliphatic rings. The van der Waals surface area contributed by atoms with Crippen molar-refractivity contribution in [1.82, 2.24) is 4.98 Å². The number of hydrogen-bond donors (Lipinski definition) is 1. The molecule has 2 nitrogen and oxygen atoms in total. The fourth-order valence-electron chi connectivity index (χ4n) is 1.16. The van der Waals surface area contributed by atoms with E-state index in [4.69, 9.17) is 16.7 Å². The van der Waals surface area contributed by atoms with Gasteiger partial charge in [-0.25, -0.2) is 9.37 Å². The number of aromatic nitrogens is 1. The van der Waals surface area contributed by atoms with Crippen LogP contribution in [0, 0.1) is 5.82 Å². The summed E-state index contributed by atoms with van der Waals surface area (Å²) in [6.07, 6.45) is 1.19. The van der Waals surface area contributed by atoms with Crippen LogP contribution < -0.4 is 0 Å². The number of rotatable bonds is 0. The van der Waals surface area contributed by atoms with Crippen molar-refractivity contribution in [3.8, 4) is 5.75 Å². The minimum Gasteiger partial charge on any atom is -0.506 e. The molecule has 4 heteroatoms. The summed E-state index contributed by atoms with van der Waals surface area (Å²) in [6, 6.07) is 4.15. The SMILES string of the molecule is Oc1cnc2c(F)cc(Cl)cc2c1. The predicted octanol–water partition coefficient (Wildman–Crippen LogP) is 2.73. The summed E-state index contributed by atoms with van der Waals surface area (Å²) in [5.41, 5.74) is 0.210. The summed E-state index contributed by atoms with van der Waals surface area (Å²) in [7, 11) is 0. The quantitative estimate of drug-likeness (QED) is 0.705. The minimum absolute atomic E-state index is 0.00540. The maximum absolute atomic E-state index is 13.2. The lowest BCUT2D eigenvalue weighted by Crippen LogP contribution is -1.83. The molecular weight excluding hydrogens is 193 g/mol. The molecule has 1 aromatic heterocycles. The van der Waals surface area contributed by atoms with Crippen LogP contribution in [0.2, 0.25) is 5.02 Å². The van der Waals surface area contributed by atoms with Crippen LogP contribution in [0.4, 0.5) is 4.39 Å². The van der Waals surface area contributed by atoms with Crippen LogP contribution in [-0.4, -0.2) is 10.1 Å². The second kappa shape index (κ2) is 2.85. The summed E-state index contributed by atoms with van der Waals surface area (Å²) in [4.78, 5) is 3.74. The van der Waals surface area contributed by atoms with Crippen molar-refractivity contribution in [3.05, 3.63) is 35.2 Å². The minimum atomic E-state index is -0.484. The molecule has 0 bridgehead atoms. The van der Waals surface area contributed by atoms with E-state index < -0.39 is 5.82 Å². The lowest BCUT2D eigenvalue weighted by Gasteiger charge is -1.99. The van der Waals surface area contributed by atoms with E-state index in [1.54, 1.807) is 6.07 Å². The monoisotopic (exact) mass is 197 g/mol. The zero-order valence-electron chi connectivity index (χ0n) is 6.46. The van der Waals surface area contributed by atoms with Crippen molar-refractivity contribution in [2.45, 2.75) is 0 Å². The van der Waals surface area contributed by atoms with Crippen molar-refractivity contribution in [3.63, 3.8) is 0 Å². The smallest absolute Gasteiger partial charge is 0.150 e. The largest absolute Gasteiger partial charge is 0.506 e. The number of halogens is 2. The number of aromatic hydroxyl groups is 1. The Morgan fingerprint density at radius 1 is 1.31 bits per heavy atom. The molecule has 0 saturated carbocycles. The lowest BCUT2D eigenvalue weighted by atomic mass is 10.2. The maximum Gasteiger partial charge on any atom is 0.150 e. The first-order chi connectivity index (χ1) is 6.16. The van der Waals surface area contributed by atoms with Gasteiger partial charge in [-0.2, -0.15) is 0 Å². The molecule has 2 rings (SSSR count). The highest BCUT2D eigenvalue weighted by atomic mass is 35.5. The molecule has 0 amide bonds. The fraction of sp³-hybridized carbons (Fsp3) is 0. The Labute approximate surface area is 78.6 Å². The molecule has 0 unspecified atom stereocenters. The molecule has 1 heterocycles. The Hall–Kier alpha value is -1.35. The Kier molecular flexibility index (Phi) is 1.81. The first kappa shape index (κ1) is 8.26. The second-order valence-corrected chi connectivity index (χ2v) is 3.09. The predicted molar refractivity (Wildman–Crippen MR) is 48.4 cm³/mol. The highest BCUT2D eigenvalue weighted by Crippen LogP contribution is 2.23. The molecule has 66 valence electrons. The fourth-order valence-corrected chi connectivity index (χ4v) is 1.37. The number of fused-ring (bicyclic) bond motifs is 1. The Morgan fingerprint density at radius 2 is 2.08 bits per heavy atom. The van der Waals surface area contributed by atoms with E-state index in [0.29, 0.717) is 5.39 Å². The molecule has 13 heavy (non-hydrogen) atoms. The first-order valence-corrected chi connectivity index (χ1v) is 3.98. The zero-order valence-corrected chi connectivity index (χ0v) is 7.22. The molecule has 0 fully saturated rings. The third-order valence-electron chi connectivity index (χ3n) is 1.69. The van der Waals surface area contributed by atoms with Gasteiger partial charge in [0.1, 0.15) is 11.3 Å². The van der Waals surface area contributed by atoms with Crippen LogP contribution >= 0.6 is 11.6 Å². The van der Waals surface area contributed by atoms with Gasteiger partial charge in [0.15, 0.2) is 5.82 Å². The van der Waals surface area contributed by atoms with E-state index in [1.165, 1.54) is 18.3 Å². The molecule has 0 aliphatic carbocycles. The van der Waals surface area contributed by atoms with Gasteiger partial charge in [-0.15, -0.1) is 0 Å². The molecule has 2 aromatic rings. The van der Waals surface area contributed by atoms with Gasteiger partial charge in [0.2, 0.25) is 0 Å². The van der Waals surface area contributed by atoms with E-state index in [9.17, 15) is 4.39 Å². The van der Waals surface area contributed by atoms with E-state index in [0.717, 1.165) is 0 Å². The Balaban J connectivity index is 2.86. The lowest BCUT2D eigenvalue weighted by molar-refractivity contribution is 0.473. The van der Waals surface area contributed by atoms with Crippen molar-refractivity contribution in [2.24, 2.45) is 0 Å². The van der Waals surface area contributed by atoms with E-state index in [1.807, 2.05) is 0 Å². The van der Waals surface area contributed by atoms with Gasteiger partial charge in [0, 0.05) is 10.4 Å². The number of pyridine rings is 1. The molecule has 0 radical (unpaired) electrons. The van der Waals surface area contributed by atoms with Crippen LogP contribution in [0.5, 0.6) is 5.75 Å². The van der Waals surface area contributed by atoms with Crippen molar-refractivity contribution in [2.75, 3.05) is 0 Å². The van der Waals surface area contributed by atoms with E-state index >= 15 is 0 Å². The summed E-state index contributed by atoms with van der Waals surface area (Å²) >= 11 is 5.63. The molecule has 1 N–H and O–H groups in total. The van der Waals surface area contributed by atoms with Crippen LogP contribution in [0.15, 0.2) is 24.4 Å². The van der Waals surface area contributed by atoms with Crippen molar-refractivity contribution in [1.29, 1.82) is 0 Å². The first-order valence-electron chi connectivity index (χ1n) is 3.60. The number of benzene rings is 1. The van der Waals surface area contributed by atoms with Gasteiger partial charge in [-0.1, -0.05) is 11.6 Å². The van der Waals surface area contributed by atoms with Crippen molar-refractivity contribution < 1.29 is 9.50 Å².